The van der Waals surface area contributed by atoms with Gasteiger partial charge in [-0.25, -0.2) is 21.6 Å². The number of rotatable bonds is 8. The van der Waals surface area contributed by atoms with Gasteiger partial charge in [-0.05, 0) is 61.5 Å². The number of nitrogens with zero attached hydrogens (tertiary/aromatic N) is 1. The smallest absolute Gasteiger partial charge is 0.264 e. The van der Waals surface area contributed by atoms with E-state index in [-0.39, 0.29) is 22.1 Å². The first-order valence-corrected chi connectivity index (χ1v) is 12.9. The second-order valence-corrected chi connectivity index (χ2v) is 11.2. The number of carbonyl (C=O) groups excluding carboxylic acids is 1. The average Bonchev–Trinajstić information content (AvgIpc) is 2.81. The summed E-state index contributed by atoms with van der Waals surface area (Å²) >= 11 is 0. The second-order valence-electron chi connectivity index (χ2n) is 7.36. The van der Waals surface area contributed by atoms with Gasteiger partial charge < -0.3 is 5.32 Å². The van der Waals surface area contributed by atoms with Crippen molar-refractivity contribution in [2.75, 3.05) is 23.7 Å². The van der Waals surface area contributed by atoms with Gasteiger partial charge in [0.1, 0.15) is 0 Å². The van der Waals surface area contributed by atoms with E-state index in [2.05, 4.69) is 10.0 Å². The van der Waals surface area contributed by atoms with Crippen LogP contribution >= 0.6 is 0 Å². The zero-order chi connectivity index (χ0) is 24.2. The third-order valence-electron chi connectivity index (χ3n) is 5.13. The molecule has 0 fully saturated rings. The molecule has 0 aromatic heterocycles. The van der Waals surface area contributed by atoms with Crippen LogP contribution in [0, 0.1) is 6.92 Å². The number of amides is 1. The molecule has 8 nitrogen and oxygen atoms in total. The number of anilines is 2. The van der Waals surface area contributed by atoms with Gasteiger partial charge in [0.25, 0.3) is 10.0 Å². The van der Waals surface area contributed by atoms with Gasteiger partial charge in [-0.3, -0.25) is 9.10 Å². The minimum Gasteiger partial charge on any atom is -0.326 e. The highest BCUT2D eigenvalue weighted by molar-refractivity contribution is 7.92. The Morgan fingerprint density at radius 2 is 1.52 bits per heavy atom. The molecule has 3 rings (SSSR count). The summed E-state index contributed by atoms with van der Waals surface area (Å²) in [4.78, 5) is 12.8. The first kappa shape index (κ1) is 24.4. The summed E-state index contributed by atoms with van der Waals surface area (Å²) in [5, 5.41) is 2.74. The van der Waals surface area contributed by atoms with Crippen molar-refractivity contribution in [1.82, 2.24) is 4.72 Å². The Morgan fingerprint density at radius 1 is 0.879 bits per heavy atom. The molecule has 0 unspecified atom stereocenters. The van der Waals surface area contributed by atoms with Crippen LogP contribution < -0.4 is 14.3 Å². The van der Waals surface area contributed by atoms with E-state index in [9.17, 15) is 21.6 Å². The van der Waals surface area contributed by atoms with Crippen molar-refractivity contribution in [3.8, 4) is 0 Å². The summed E-state index contributed by atoms with van der Waals surface area (Å²) in [6.45, 7) is 1.77. The summed E-state index contributed by atoms with van der Waals surface area (Å²) in [6, 6.07) is 19.3. The molecule has 1 amide bonds. The predicted molar refractivity (Wildman–Crippen MR) is 128 cm³/mol. The van der Waals surface area contributed by atoms with E-state index >= 15 is 0 Å². The van der Waals surface area contributed by atoms with E-state index in [0.29, 0.717) is 16.9 Å². The first-order valence-electron chi connectivity index (χ1n) is 10.0. The second kappa shape index (κ2) is 9.74. The molecule has 0 saturated heterocycles. The van der Waals surface area contributed by atoms with Gasteiger partial charge in [-0.15, -0.1) is 0 Å². The van der Waals surface area contributed by atoms with Crippen LogP contribution in [0.5, 0.6) is 0 Å². The van der Waals surface area contributed by atoms with Crippen LogP contribution in [0.15, 0.2) is 82.6 Å². The third kappa shape index (κ3) is 5.59. The average molecular weight is 488 g/mol. The van der Waals surface area contributed by atoms with Crippen molar-refractivity contribution >= 4 is 37.3 Å². The van der Waals surface area contributed by atoms with Crippen molar-refractivity contribution < 1.29 is 21.6 Å². The van der Waals surface area contributed by atoms with Gasteiger partial charge in [0.15, 0.2) is 0 Å². The molecule has 0 atom stereocenters. The zero-order valence-electron chi connectivity index (χ0n) is 18.4. The SMILES string of the molecule is CNS(=O)(=O)c1ccc(C)c(NC(=O)Cc2ccc(N(C)S(=O)(=O)c3ccccc3)cc2)c1. The minimum absolute atomic E-state index is 0.0396. The van der Waals surface area contributed by atoms with Gasteiger partial charge >= 0.3 is 0 Å². The topological polar surface area (TPSA) is 113 Å². The summed E-state index contributed by atoms with van der Waals surface area (Å²) in [5.74, 6) is -0.324. The minimum atomic E-state index is -3.69. The fraction of sp³-hybridized carbons (Fsp3) is 0.174. The number of hydrogen-bond acceptors (Lipinski definition) is 5. The zero-order valence-corrected chi connectivity index (χ0v) is 20.1. The Kier molecular flexibility index (Phi) is 7.21. The highest BCUT2D eigenvalue weighted by Gasteiger charge is 2.21. The Hall–Kier alpha value is -3.21. The molecule has 33 heavy (non-hydrogen) atoms. The lowest BCUT2D eigenvalue weighted by molar-refractivity contribution is -0.115. The standard InChI is InChI=1S/C23H25N3O5S2/c1-17-9-14-21(32(28,29)24-2)16-22(17)25-23(27)15-18-10-12-19(13-11-18)26(3)33(30,31)20-7-5-4-6-8-20/h4-14,16,24H,15H2,1-3H3,(H,25,27). The third-order valence-corrected chi connectivity index (χ3v) is 8.34. The molecule has 0 aliphatic heterocycles. The molecule has 0 bridgehead atoms. The lowest BCUT2D eigenvalue weighted by Gasteiger charge is -2.19. The van der Waals surface area contributed by atoms with E-state index in [1.165, 1.54) is 42.7 Å². The van der Waals surface area contributed by atoms with Gasteiger partial charge in [0.2, 0.25) is 15.9 Å². The van der Waals surface area contributed by atoms with Crippen LogP contribution in [-0.2, 0) is 31.3 Å². The summed E-state index contributed by atoms with van der Waals surface area (Å²) < 4.78 is 53.0. The molecule has 2 N–H and O–H groups in total. The van der Waals surface area contributed by atoms with E-state index in [0.717, 1.165) is 5.56 Å². The molecule has 0 aliphatic carbocycles. The fourth-order valence-corrected chi connectivity index (χ4v) is 5.09. The van der Waals surface area contributed by atoms with Gasteiger partial charge in [0.05, 0.1) is 21.9 Å². The highest BCUT2D eigenvalue weighted by atomic mass is 32.2. The molecule has 0 saturated carbocycles. The van der Waals surface area contributed by atoms with Gasteiger partial charge in [-0.1, -0.05) is 36.4 Å². The molecular weight excluding hydrogens is 462 g/mol. The van der Waals surface area contributed by atoms with Gasteiger partial charge in [-0.2, -0.15) is 0 Å². The quantitative estimate of drug-likeness (QED) is 0.507. The molecule has 0 radical (unpaired) electrons. The largest absolute Gasteiger partial charge is 0.326 e. The van der Waals surface area contributed by atoms with Gasteiger partial charge in [0, 0.05) is 12.7 Å². The summed E-state index contributed by atoms with van der Waals surface area (Å²) in [6.07, 6.45) is 0.0396. The van der Waals surface area contributed by atoms with Crippen molar-refractivity contribution in [3.05, 3.63) is 83.9 Å². The Labute approximate surface area is 194 Å². The summed E-state index contributed by atoms with van der Waals surface area (Å²) in [5.41, 5.74) is 2.27. The Morgan fingerprint density at radius 3 is 2.12 bits per heavy atom. The van der Waals surface area contributed by atoms with Crippen LogP contribution in [0.3, 0.4) is 0 Å². The van der Waals surface area contributed by atoms with Crippen molar-refractivity contribution in [2.45, 2.75) is 23.1 Å². The molecular formula is C23H25N3O5S2. The maximum Gasteiger partial charge on any atom is 0.264 e. The monoisotopic (exact) mass is 487 g/mol. The number of hydrogen-bond donors (Lipinski definition) is 2. The predicted octanol–water partition coefficient (Wildman–Crippen LogP) is 2.91. The molecule has 3 aromatic rings. The van der Waals surface area contributed by atoms with E-state index < -0.39 is 20.0 Å². The normalized spacial score (nSPS) is 11.7. The van der Waals surface area contributed by atoms with Crippen LogP contribution in [0.25, 0.3) is 0 Å². The summed E-state index contributed by atoms with van der Waals surface area (Å²) in [7, 11) is -4.53. The van der Waals surface area contributed by atoms with E-state index in [1.807, 2.05) is 0 Å². The maximum absolute atomic E-state index is 12.8. The maximum atomic E-state index is 12.8. The van der Waals surface area contributed by atoms with Crippen molar-refractivity contribution in [1.29, 1.82) is 0 Å². The lowest BCUT2D eigenvalue weighted by atomic mass is 10.1. The van der Waals surface area contributed by atoms with E-state index in [1.54, 1.807) is 55.5 Å². The molecule has 0 heterocycles. The van der Waals surface area contributed by atoms with Crippen LogP contribution in [0.4, 0.5) is 11.4 Å². The number of sulfonamides is 2. The number of carbonyl (C=O) groups is 1. The molecule has 3 aromatic carbocycles. The molecule has 0 spiro atoms. The number of nitrogens with one attached hydrogen (secondary N) is 2. The Bertz CT molecular complexity index is 1350. The Balaban J connectivity index is 1.72. The number of benzene rings is 3. The van der Waals surface area contributed by atoms with Crippen molar-refractivity contribution in [2.24, 2.45) is 0 Å². The lowest BCUT2D eigenvalue weighted by Crippen LogP contribution is -2.26. The molecule has 10 heteroatoms. The van der Waals surface area contributed by atoms with Crippen LogP contribution in [0.1, 0.15) is 11.1 Å². The molecule has 174 valence electrons. The molecule has 0 aliphatic rings. The fourth-order valence-electron chi connectivity index (χ4n) is 3.11. The van der Waals surface area contributed by atoms with Crippen molar-refractivity contribution in [3.63, 3.8) is 0 Å². The number of aryl methyl sites for hydroxylation is 1. The van der Waals surface area contributed by atoms with Crippen LogP contribution in [-0.4, -0.2) is 36.8 Å². The van der Waals surface area contributed by atoms with E-state index in [4.69, 9.17) is 0 Å². The first-order chi connectivity index (χ1) is 15.5. The highest BCUT2D eigenvalue weighted by Crippen LogP contribution is 2.23. The van der Waals surface area contributed by atoms with Crippen LogP contribution in [0.2, 0.25) is 0 Å².